The van der Waals surface area contributed by atoms with Gasteiger partial charge in [-0.1, -0.05) is 42.5 Å². The van der Waals surface area contributed by atoms with Crippen LogP contribution in [0.5, 0.6) is 11.5 Å². The molecule has 0 fully saturated rings. The van der Waals surface area contributed by atoms with Crippen LogP contribution in [0.1, 0.15) is 24.5 Å². The monoisotopic (exact) mass is 357 g/mol. The molecule has 4 rings (SSSR count). The summed E-state index contributed by atoms with van der Waals surface area (Å²) in [6.07, 6.45) is 3.53. The summed E-state index contributed by atoms with van der Waals surface area (Å²) in [7, 11) is 0. The van der Waals surface area contributed by atoms with Crippen molar-refractivity contribution in [2.75, 3.05) is 6.79 Å². The number of nitriles is 1. The van der Waals surface area contributed by atoms with Crippen LogP contribution in [-0.2, 0) is 11.2 Å². The fraction of sp³-hybridized carbons (Fsp3) is 0.217. The van der Waals surface area contributed by atoms with E-state index >= 15 is 0 Å². The van der Waals surface area contributed by atoms with Crippen molar-refractivity contribution >= 4 is 11.4 Å². The number of ether oxygens (including phenoxy) is 2. The van der Waals surface area contributed by atoms with Crippen molar-refractivity contribution in [1.82, 2.24) is 0 Å². The number of benzene rings is 2. The Morgan fingerprint density at radius 3 is 2.63 bits per heavy atom. The number of hydrogen-bond acceptors (Lipinski definition) is 4. The predicted octanol–water partition coefficient (Wildman–Crippen LogP) is 4.47. The molecule has 134 valence electrons. The number of nitrogens with zero attached hydrogens (tertiary/aromatic N) is 1. The first-order valence-electron chi connectivity index (χ1n) is 8.96. The lowest BCUT2D eigenvalue weighted by molar-refractivity contribution is -0.116. The number of aryl methyl sites for hydroxylation is 1. The zero-order chi connectivity index (χ0) is 18.8. The van der Waals surface area contributed by atoms with Crippen LogP contribution < -0.4 is 9.47 Å². The molecule has 2 aromatic rings. The van der Waals surface area contributed by atoms with Crippen molar-refractivity contribution in [2.45, 2.75) is 19.8 Å². The van der Waals surface area contributed by atoms with E-state index in [1.165, 1.54) is 0 Å². The summed E-state index contributed by atoms with van der Waals surface area (Å²) in [4.78, 5) is 12.8. The zero-order valence-electron chi connectivity index (χ0n) is 15.1. The minimum atomic E-state index is -0.735. The van der Waals surface area contributed by atoms with Gasteiger partial charge in [0.1, 0.15) is 5.92 Å². The maximum Gasteiger partial charge on any atom is 0.231 e. The molecular formula is C23H19NO3. The molecule has 0 aromatic heterocycles. The molecule has 0 radical (unpaired) electrons. The number of rotatable bonds is 4. The molecular weight excluding hydrogens is 338 g/mol. The standard InChI is InChI=1S/C23H19NO3/c1-15-18(9-7-16-8-10-21-22(11-16)27-14-26-21)12-19(20(13-24)23(15)25)17-5-3-2-4-6-17/h2-6,8,10-12,20H,7,9,14H2,1H3. The first-order valence-corrected chi connectivity index (χ1v) is 8.96. The van der Waals surface area contributed by atoms with Crippen LogP contribution >= 0.6 is 0 Å². The highest BCUT2D eigenvalue weighted by atomic mass is 16.7. The molecule has 0 bridgehead atoms. The Morgan fingerprint density at radius 2 is 1.85 bits per heavy atom. The smallest absolute Gasteiger partial charge is 0.231 e. The zero-order valence-corrected chi connectivity index (χ0v) is 15.1. The van der Waals surface area contributed by atoms with Crippen LogP contribution in [0.2, 0.25) is 0 Å². The van der Waals surface area contributed by atoms with Crippen molar-refractivity contribution in [3.05, 3.63) is 76.9 Å². The van der Waals surface area contributed by atoms with Crippen LogP contribution in [0.25, 0.3) is 5.57 Å². The van der Waals surface area contributed by atoms with Gasteiger partial charge in [-0.3, -0.25) is 4.79 Å². The van der Waals surface area contributed by atoms with E-state index in [0.717, 1.165) is 46.6 Å². The molecule has 0 saturated heterocycles. The molecule has 1 heterocycles. The van der Waals surface area contributed by atoms with Gasteiger partial charge in [-0.05, 0) is 59.7 Å². The van der Waals surface area contributed by atoms with E-state index in [-0.39, 0.29) is 12.6 Å². The lowest BCUT2D eigenvalue weighted by Crippen LogP contribution is -2.21. The second-order valence-corrected chi connectivity index (χ2v) is 6.73. The second kappa shape index (κ2) is 7.13. The minimum Gasteiger partial charge on any atom is -0.454 e. The maximum absolute atomic E-state index is 12.8. The highest BCUT2D eigenvalue weighted by Crippen LogP contribution is 2.36. The van der Waals surface area contributed by atoms with Crippen LogP contribution in [0.15, 0.2) is 65.8 Å². The predicted molar refractivity (Wildman–Crippen MR) is 102 cm³/mol. The van der Waals surface area contributed by atoms with Crippen LogP contribution in [0.3, 0.4) is 0 Å². The number of allylic oxidation sites excluding steroid dienone is 4. The second-order valence-electron chi connectivity index (χ2n) is 6.73. The fourth-order valence-electron chi connectivity index (χ4n) is 3.54. The number of carbonyl (C=O) groups excluding carboxylic acids is 1. The molecule has 0 amide bonds. The third-order valence-corrected chi connectivity index (χ3v) is 5.11. The van der Waals surface area contributed by atoms with E-state index in [2.05, 4.69) is 6.07 Å². The largest absolute Gasteiger partial charge is 0.454 e. The topological polar surface area (TPSA) is 59.3 Å². The van der Waals surface area contributed by atoms with E-state index in [9.17, 15) is 10.1 Å². The van der Waals surface area contributed by atoms with Crippen molar-refractivity contribution in [1.29, 1.82) is 5.26 Å². The van der Waals surface area contributed by atoms with E-state index in [4.69, 9.17) is 9.47 Å². The van der Waals surface area contributed by atoms with Gasteiger partial charge >= 0.3 is 0 Å². The fourth-order valence-corrected chi connectivity index (χ4v) is 3.54. The first-order chi connectivity index (χ1) is 13.2. The summed E-state index contributed by atoms with van der Waals surface area (Å²) < 4.78 is 10.8. The lowest BCUT2D eigenvalue weighted by Gasteiger charge is -2.22. The molecule has 0 N–H and O–H groups in total. The van der Waals surface area contributed by atoms with Crippen LogP contribution in [0.4, 0.5) is 0 Å². The Kier molecular flexibility index (Phi) is 4.52. The lowest BCUT2D eigenvalue weighted by atomic mass is 9.79. The molecule has 0 spiro atoms. The molecule has 2 aromatic carbocycles. The highest BCUT2D eigenvalue weighted by molar-refractivity contribution is 6.09. The Balaban J connectivity index is 1.61. The van der Waals surface area contributed by atoms with Gasteiger partial charge in [-0.2, -0.15) is 5.26 Å². The number of hydrogen-bond donors (Lipinski definition) is 0. The summed E-state index contributed by atoms with van der Waals surface area (Å²) in [6, 6.07) is 17.8. The molecule has 1 unspecified atom stereocenters. The van der Waals surface area contributed by atoms with E-state index < -0.39 is 5.92 Å². The molecule has 27 heavy (non-hydrogen) atoms. The molecule has 1 atom stereocenters. The Bertz CT molecular complexity index is 996. The summed E-state index contributed by atoms with van der Waals surface area (Å²) in [5.41, 5.74) is 4.51. The summed E-state index contributed by atoms with van der Waals surface area (Å²) in [5, 5.41) is 9.53. The van der Waals surface area contributed by atoms with E-state index in [1.54, 1.807) is 0 Å². The average molecular weight is 357 g/mol. The molecule has 0 saturated carbocycles. The number of carbonyl (C=O) groups is 1. The van der Waals surface area contributed by atoms with Gasteiger partial charge in [0.25, 0.3) is 0 Å². The average Bonchev–Trinajstić information content (AvgIpc) is 3.17. The molecule has 4 nitrogen and oxygen atoms in total. The Hall–Kier alpha value is -3.32. The summed E-state index contributed by atoms with van der Waals surface area (Å²) >= 11 is 0. The van der Waals surface area contributed by atoms with Gasteiger partial charge in [0.15, 0.2) is 17.3 Å². The number of fused-ring (bicyclic) bond motifs is 1. The quantitative estimate of drug-likeness (QED) is 0.810. The molecule has 1 aliphatic carbocycles. The van der Waals surface area contributed by atoms with E-state index in [0.29, 0.717) is 5.57 Å². The van der Waals surface area contributed by atoms with Gasteiger partial charge in [0.05, 0.1) is 6.07 Å². The van der Waals surface area contributed by atoms with Gasteiger partial charge in [0.2, 0.25) is 6.79 Å². The molecule has 4 heteroatoms. The third-order valence-electron chi connectivity index (χ3n) is 5.11. The first kappa shape index (κ1) is 17.1. The summed E-state index contributed by atoms with van der Waals surface area (Å²) in [5.74, 6) is 0.703. The van der Waals surface area contributed by atoms with Gasteiger partial charge in [-0.15, -0.1) is 0 Å². The number of ketones is 1. The number of Topliss-reactive ketones (excluding diaryl/α,β-unsaturated/α-hetero) is 1. The van der Waals surface area contributed by atoms with E-state index in [1.807, 2.05) is 61.5 Å². The Morgan fingerprint density at radius 1 is 1.07 bits per heavy atom. The minimum absolute atomic E-state index is 0.0976. The molecule has 2 aliphatic rings. The SMILES string of the molecule is CC1=C(CCc2ccc3c(c2)OCO3)C=C(c2ccccc2)C(C#N)C1=O. The normalized spacial score (nSPS) is 18.3. The van der Waals surface area contributed by atoms with Crippen LogP contribution in [0, 0.1) is 17.2 Å². The van der Waals surface area contributed by atoms with Gasteiger partial charge in [-0.25, -0.2) is 0 Å². The summed E-state index contributed by atoms with van der Waals surface area (Å²) in [6.45, 7) is 2.08. The van der Waals surface area contributed by atoms with Gasteiger partial charge < -0.3 is 9.47 Å². The van der Waals surface area contributed by atoms with Crippen molar-refractivity contribution in [2.24, 2.45) is 5.92 Å². The van der Waals surface area contributed by atoms with Crippen molar-refractivity contribution in [3.63, 3.8) is 0 Å². The molecule has 1 aliphatic heterocycles. The van der Waals surface area contributed by atoms with Gasteiger partial charge in [0, 0.05) is 0 Å². The Labute approximate surface area is 158 Å². The third kappa shape index (κ3) is 3.24. The van der Waals surface area contributed by atoms with Crippen molar-refractivity contribution in [3.8, 4) is 17.6 Å². The van der Waals surface area contributed by atoms with Crippen LogP contribution in [-0.4, -0.2) is 12.6 Å². The van der Waals surface area contributed by atoms with Crippen molar-refractivity contribution < 1.29 is 14.3 Å². The highest BCUT2D eigenvalue weighted by Gasteiger charge is 2.30. The maximum atomic E-state index is 12.8.